The summed E-state index contributed by atoms with van der Waals surface area (Å²) in [6.45, 7) is 1.79. The Morgan fingerprint density at radius 1 is 1.23 bits per heavy atom. The zero-order chi connectivity index (χ0) is 21.3. The minimum absolute atomic E-state index is 0.0101. The number of halogens is 4. The van der Waals surface area contributed by atoms with E-state index in [0.717, 1.165) is 18.9 Å². The second-order valence-corrected chi connectivity index (χ2v) is 8.23. The summed E-state index contributed by atoms with van der Waals surface area (Å²) in [5.74, 6) is -0.182. The number of anilines is 1. The SMILES string of the molecule is NCCNC[C@H]1CC[C@@H]2[C@H](O1)c1cc(C(F)(F)F)ccc1N[C@H]2C1C=CC(F)=CC1. The summed E-state index contributed by atoms with van der Waals surface area (Å²) in [5.41, 5.74) is 6.07. The molecule has 30 heavy (non-hydrogen) atoms. The Morgan fingerprint density at radius 2 is 2.07 bits per heavy atom. The van der Waals surface area contributed by atoms with Crippen LogP contribution in [0.15, 0.2) is 42.3 Å². The highest BCUT2D eigenvalue weighted by Crippen LogP contribution is 2.49. The number of hydrogen-bond acceptors (Lipinski definition) is 4. The fourth-order valence-corrected chi connectivity index (χ4v) is 4.79. The first-order valence-electron chi connectivity index (χ1n) is 10.4. The van der Waals surface area contributed by atoms with E-state index in [1.54, 1.807) is 6.08 Å². The van der Waals surface area contributed by atoms with Crippen LogP contribution in [0.1, 0.15) is 36.5 Å². The lowest BCUT2D eigenvalue weighted by atomic mass is 9.73. The lowest BCUT2D eigenvalue weighted by Crippen LogP contribution is -2.48. The van der Waals surface area contributed by atoms with Crippen LogP contribution >= 0.6 is 0 Å². The van der Waals surface area contributed by atoms with Crippen LogP contribution in [-0.2, 0) is 10.9 Å². The molecule has 4 nitrogen and oxygen atoms in total. The van der Waals surface area contributed by atoms with Gasteiger partial charge in [-0.15, -0.1) is 0 Å². The minimum Gasteiger partial charge on any atom is -0.381 e. The molecule has 1 fully saturated rings. The van der Waals surface area contributed by atoms with Gasteiger partial charge in [-0.1, -0.05) is 6.08 Å². The number of fused-ring (bicyclic) bond motifs is 3. The molecule has 1 aliphatic carbocycles. The monoisotopic (exact) mass is 425 g/mol. The van der Waals surface area contributed by atoms with Crippen LogP contribution in [0.25, 0.3) is 0 Å². The molecule has 0 bridgehead atoms. The van der Waals surface area contributed by atoms with Gasteiger partial charge in [-0.2, -0.15) is 13.2 Å². The smallest absolute Gasteiger partial charge is 0.381 e. The Balaban J connectivity index is 1.63. The molecule has 1 aromatic carbocycles. The van der Waals surface area contributed by atoms with Crippen molar-refractivity contribution in [3.05, 3.63) is 53.4 Å². The van der Waals surface area contributed by atoms with Crippen LogP contribution < -0.4 is 16.4 Å². The molecule has 4 rings (SSSR count). The van der Waals surface area contributed by atoms with Gasteiger partial charge in [-0.25, -0.2) is 4.39 Å². The lowest BCUT2D eigenvalue weighted by molar-refractivity contribution is -0.138. The van der Waals surface area contributed by atoms with Crippen LogP contribution in [0, 0.1) is 11.8 Å². The maximum absolute atomic E-state index is 13.5. The van der Waals surface area contributed by atoms with Gasteiger partial charge in [-0.05, 0) is 49.6 Å². The molecule has 2 aliphatic heterocycles. The van der Waals surface area contributed by atoms with E-state index < -0.39 is 17.8 Å². The van der Waals surface area contributed by atoms with Crippen molar-refractivity contribution in [3.8, 4) is 0 Å². The first-order valence-corrected chi connectivity index (χ1v) is 10.4. The van der Waals surface area contributed by atoms with Gasteiger partial charge >= 0.3 is 6.18 Å². The van der Waals surface area contributed by atoms with Crippen molar-refractivity contribution in [2.45, 2.75) is 43.7 Å². The highest BCUT2D eigenvalue weighted by Gasteiger charge is 2.45. The molecule has 1 aromatic rings. The predicted octanol–water partition coefficient (Wildman–Crippen LogP) is 4.31. The van der Waals surface area contributed by atoms with E-state index in [1.165, 1.54) is 18.2 Å². The predicted molar refractivity (Wildman–Crippen MR) is 108 cm³/mol. The van der Waals surface area contributed by atoms with Gasteiger partial charge in [-0.3, -0.25) is 0 Å². The second kappa shape index (κ2) is 8.69. The molecule has 1 saturated heterocycles. The fraction of sp³-hybridized carbons (Fsp3) is 0.545. The number of ether oxygens (including phenoxy) is 1. The third-order valence-corrected chi connectivity index (χ3v) is 6.26. The van der Waals surface area contributed by atoms with Crippen LogP contribution in [0.5, 0.6) is 0 Å². The highest BCUT2D eigenvalue weighted by atomic mass is 19.4. The third kappa shape index (κ3) is 4.40. The standard InChI is InChI=1S/C22H27F4N3O/c23-15-4-1-13(2-5-15)20-17-7-6-16(12-28-10-9-27)30-21(17)18-11-14(22(24,25)26)3-8-19(18)29-20/h1,3-5,8,11,13,16-17,20-21,28-29H,2,6-7,9-10,12,27H2/t13?,16-,17+,20+,21+/m1/s1. The largest absolute Gasteiger partial charge is 0.416 e. The number of allylic oxidation sites excluding steroid dienone is 3. The molecule has 4 N–H and O–H groups in total. The number of alkyl halides is 3. The maximum atomic E-state index is 13.5. The van der Waals surface area contributed by atoms with Crippen LogP contribution in [0.4, 0.5) is 23.2 Å². The quantitative estimate of drug-likeness (QED) is 0.486. The summed E-state index contributed by atoms with van der Waals surface area (Å²) in [7, 11) is 0. The average molecular weight is 425 g/mol. The Bertz CT molecular complexity index is 823. The number of nitrogens with two attached hydrogens (primary N) is 1. The molecule has 0 radical (unpaired) electrons. The van der Waals surface area contributed by atoms with Crippen LogP contribution in [-0.4, -0.2) is 31.8 Å². The van der Waals surface area contributed by atoms with E-state index >= 15 is 0 Å². The van der Waals surface area contributed by atoms with Crippen molar-refractivity contribution in [3.63, 3.8) is 0 Å². The molecular formula is C22H27F4N3O. The molecule has 0 spiro atoms. The van der Waals surface area contributed by atoms with Gasteiger partial charge in [0.25, 0.3) is 0 Å². The van der Waals surface area contributed by atoms with Crippen molar-refractivity contribution < 1.29 is 22.3 Å². The summed E-state index contributed by atoms with van der Waals surface area (Å²) in [6.07, 6.45) is 2.15. The van der Waals surface area contributed by atoms with Gasteiger partial charge in [0.15, 0.2) is 0 Å². The Kier molecular flexibility index (Phi) is 6.18. The fourth-order valence-electron chi connectivity index (χ4n) is 4.79. The zero-order valence-electron chi connectivity index (χ0n) is 16.6. The summed E-state index contributed by atoms with van der Waals surface area (Å²) in [5, 5.41) is 6.68. The first kappa shape index (κ1) is 21.3. The minimum atomic E-state index is -4.41. The van der Waals surface area contributed by atoms with E-state index in [1.807, 2.05) is 6.08 Å². The average Bonchev–Trinajstić information content (AvgIpc) is 2.73. The third-order valence-electron chi connectivity index (χ3n) is 6.26. The van der Waals surface area contributed by atoms with Crippen LogP contribution in [0.2, 0.25) is 0 Å². The van der Waals surface area contributed by atoms with E-state index in [-0.39, 0.29) is 29.8 Å². The molecule has 164 valence electrons. The lowest BCUT2D eigenvalue weighted by Gasteiger charge is -2.47. The Labute approximate surface area is 173 Å². The normalized spacial score (nSPS) is 30.8. The van der Waals surface area contributed by atoms with Crippen molar-refractivity contribution in [1.82, 2.24) is 5.32 Å². The molecule has 3 aliphatic rings. The molecule has 2 heterocycles. The zero-order valence-corrected chi connectivity index (χ0v) is 16.6. The van der Waals surface area contributed by atoms with Gasteiger partial charge in [0, 0.05) is 48.8 Å². The number of rotatable bonds is 5. The van der Waals surface area contributed by atoms with Gasteiger partial charge < -0.3 is 21.1 Å². The topological polar surface area (TPSA) is 59.3 Å². The van der Waals surface area contributed by atoms with E-state index in [9.17, 15) is 17.6 Å². The van der Waals surface area contributed by atoms with E-state index in [0.29, 0.717) is 37.3 Å². The molecule has 5 atom stereocenters. The summed E-state index contributed by atoms with van der Waals surface area (Å²) < 4.78 is 59.8. The molecule has 8 heteroatoms. The molecule has 0 amide bonds. The van der Waals surface area contributed by atoms with Crippen LogP contribution in [0.3, 0.4) is 0 Å². The molecule has 0 saturated carbocycles. The molecule has 0 aromatic heterocycles. The summed E-state index contributed by atoms with van der Waals surface area (Å²) >= 11 is 0. The van der Waals surface area contributed by atoms with E-state index in [2.05, 4.69) is 10.6 Å². The Hall–Kier alpha value is -1.90. The number of benzene rings is 1. The second-order valence-electron chi connectivity index (χ2n) is 8.23. The Morgan fingerprint density at radius 3 is 2.77 bits per heavy atom. The van der Waals surface area contributed by atoms with Crippen molar-refractivity contribution in [2.24, 2.45) is 17.6 Å². The summed E-state index contributed by atoms with van der Waals surface area (Å²) in [4.78, 5) is 0. The first-order chi connectivity index (χ1) is 14.4. The number of nitrogens with one attached hydrogen (secondary N) is 2. The molecule has 1 unspecified atom stereocenters. The highest BCUT2D eigenvalue weighted by molar-refractivity contribution is 5.58. The van der Waals surface area contributed by atoms with Gasteiger partial charge in [0.05, 0.1) is 17.8 Å². The van der Waals surface area contributed by atoms with Crippen molar-refractivity contribution >= 4 is 5.69 Å². The number of hydrogen-bond donors (Lipinski definition) is 3. The van der Waals surface area contributed by atoms with Crippen molar-refractivity contribution in [2.75, 3.05) is 25.0 Å². The maximum Gasteiger partial charge on any atom is 0.416 e. The van der Waals surface area contributed by atoms with Crippen molar-refractivity contribution in [1.29, 1.82) is 0 Å². The molecular weight excluding hydrogens is 398 g/mol. The van der Waals surface area contributed by atoms with E-state index in [4.69, 9.17) is 10.5 Å². The summed E-state index contributed by atoms with van der Waals surface area (Å²) in [6, 6.07) is 3.77. The van der Waals surface area contributed by atoms with Gasteiger partial charge in [0.1, 0.15) is 5.83 Å². The van der Waals surface area contributed by atoms with Gasteiger partial charge in [0.2, 0.25) is 0 Å².